The van der Waals surface area contributed by atoms with Crippen molar-refractivity contribution in [2.75, 3.05) is 0 Å². The highest BCUT2D eigenvalue weighted by molar-refractivity contribution is 5.86. The number of hydrogen-bond acceptors (Lipinski definition) is 1. The van der Waals surface area contributed by atoms with Crippen molar-refractivity contribution in [3.05, 3.63) is 83.4 Å². The van der Waals surface area contributed by atoms with Crippen molar-refractivity contribution in [2.24, 2.45) is 0 Å². The SMILES string of the molecule is OC(Cc1ccccc1F)c1ccc(F)c2ccccc12. The second kappa shape index (κ2) is 5.62. The third-order valence-electron chi connectivity index (χ3n) is 3.63. The van der Waals surface area contributed by atoms with Gasteiger partial charge in [0.15, 0.2) is 0 Å². The fourth-order valence-electron chi connectivity index (χ4n) is 2.56. The van der Waals surface area contributed by atoms with E-state index in [-0.39, 0.29) is 18.1 Å². The first-order chi connectivity index (χ1) is 10.2. The number of aliphatic hydroxyl groups is 1. The Bertz CT molecular complexity index is 783. The zero-order valence-corrected chi connectivity index (χ0v) is 11.3. The molecule has 1 unspecified atom stereocenters. The number of halogens is 2. The van der Waals surface area contributed by atoms with E-state index in [9.17, 15) is 13.9 Å². The molecule has 1 N–H and O–H groups in total. The summed E-state index contributed by atoms with van der Waals surface area (Å²) >= 11 is 0. The molecule has 0 aliphatic carbocycles. The molecule has 0 bridgehead atoms. The number of benzene rings is 3. The second-order valence-electron chi connectivity index (χ2n) is 4.99. The average molecular weight is 284 g/mol. The van der Waals surface area contributed by atoms with Crippen LogP contribution in [0.2, 0.25) is 0 Å². The predicted molar refractivity (Wildman–Crippen MR) is 79.0 cm³/mol. The van der Waals surface area contributed by atoms with Gasteiger partial charge >= 0.3 is 0 Å². The lowest BCUT2D eigenvalue weighted by Crippen LogP contribution is -2.04. The summed E-state index contributed by atoms with van der Waals surface area (Å²) in [5, 5.41) is 11.5. The van der Waals surface area contributed by atoms with Gasteiger partial charge in [0.05, 0.1) is 6.10 Å². The number of fused-ring (bicyclic) bond motifs is 1. The molecule has 0 amide bonds. The van der Waals surface area contributed by atoms with Gasteiger partial charge in [-0.1, -0.05) is 48.5 Å². The van der Waals surface area contributed by atoms with Gasteiger partial charge in [0.1, 0.15) is 11.6 Å². The van der Waals surface area contributed by atoms with Crippen LogP contribution in [0, 0.1) is 11.6 Å². The molecule has 0 heterocycles. The Labute approximate surface area is 121 Å². The molecule has 106 valence electrons. The Morgan fingerprint density at radius 3 is 2.19 bits per heavy atom. The second-order valence-corrected chi connectivity index (χ2v) is 4.99. The standard InChI is InChI=1S/C18H14F2O/c19-16-8-4-1-5-12(16)11-18(21)15-9-10-17(20)14-7-3-2-6-13(14)15/h1-10,18,21H,11H2. The van der Waals surface area contributed by atoms with E-state index >= 15 is 0 Å². The van der Waals surface area contributed by atoms with E-state index in [4.69, 9.17) is 0 Å². The van der Waals surface area contributed by atoms with Crippen molar-refractivity contribution in [1.29, 1.82) is 0 Å². The van der Waals surface area contributed by atoms with E-state index in [1.165, 1.54) is 12.1 Å². The summed E-state index contributed by atoms with van der Waals surface area (Å²) in [4.78, 5) is 0. The molecule has 21 heavy (non-hydrogen) atoms. The Balaban J connectivity index is 2.01. The van der Waals surface area contributed by atoms with Gasteiger partial charge in [-0.2, -0.15) is 0 Å². The molecule has 0 spiro atoms. The Morgan fingerprint density at radius 2 is 1.43 bits per heavy atom. The smallest absolute Gasteiger partial charge is 0.131 e. The Kier molecular flexibility index (Phi) is 3.67. The van der Waals surface area contributed by atoms with E-state index < -0.39 is 6.10 Å². The summed E-state index contributed by atoms with van der Waals surface area (Å²) in [7, 11) is 0. The minimum atomic E-state index is -0.882. The van der Waals surface area contributed by atoms with Crippen LogP contribution in [0.1, 0.15) is 17.2 Å². The number of aliphatic hydroxyl groups excluding tert-OH is 1. The lowest BCUT2D eigenvalue weighted by Gasteiger charge is -2.14. The van der Waals surface area contributed by atoms with Crippen molar-refractivity contribution in [2.45, 2.75) is 12.5 Å². The molecule has 0 saturated heterocycles. The third-order valence-corrected chi connectivity index (χ3v) is 3.63. The highest BCUT2D eigenvalue weighted by atomic mass is 19.1. The lowest BCUT2D eigenvalue weighted by molar-refractivity contribution is 0.178. The van der Waals surface area contributed by atoms with E-state index in [2.05, 4.69) is 0 Å². The first-order valence-electron chi connectivity index (χ1n) is 6.75. The van der Waals surface area contributed by atoms with Gasteiger partial charge in [0.25, 0.3) is 0 Å². The van der Waals surface area contributed by atoms with Gasteiger partial charge in [-0.15, -0.1) is 0 Å². The minimum absolute atomic E-state index is 0.155. The van der Waals surface area contributed by atoms with Crippen molar-refractivity contribution >= 4 is 10.8 Å². The molecule has 0 aromatic heterocycles. The van der Waals surface area contributed by atoms with Crippen LogP contribution < -0.4 is 0 Å². The van der Waals surface area contributed by atoms with E-state index in [1.54, 1.807) is 48.5 Å². The van der Waals surface area contributed by atoms with E-state index in [0.29, 0.717) is 21.9 Å². The summed E-state index contributed by atoms with van der Waals surface area (Å²) in [6, 6.07) is 16.2. The van der Waals surface area contributed by atoms with Crippen LogP contribution in [-0.2, 0) is 6.42 Å². The molecule has 0 radical (unpaired) electrons. The molecule has 0 saturated carbocycles. The van der Waals surface area contributed by atoms with Gasteiger partial charge in [0, 0.05) is 11.8 Å². The summed E-state index contributed by atoms with van der Waals surface area (Å²) in [6.07, 6.45) is -0.727. The normalized spacial score (nSPS) is 12.5. The molecular weight excluding hydrogens is 270 g/mol. The molecule has 1 nitrogen and oxygen atoms in total. The zero-order valence-electron chi connectivity index (χ0n) is 11.3. The van der Waals surface area contributed by atoms with Crippen LogP contribution in [-0.4, -0.2) is 5.11 Å². The maximum absolute atomic E-state index is 13.8. The lowest BCUT2D eigenvalue weighted by atomic mass is 9.96. The molecule has 1 atom stereocenters. The molecule has 3 rings (SSSR count). The van der Waals surface area contributed by atoms with E-state index in [1.807, 2.05) is 0 Å². The molecule has 3 aromatic carbocycles. The largest absolute Gasteiger partial charge is 0.388 e. The summed E-state index contributed by atoms with van der Waals surface area (Å²) in [5.41, 5.74) is 1.05. The number of rotatable bonds is 3. The first kappa shape index (κ1) is 13.7. The van der Waals surface area contributed by atoms with Gasteiger partial charge in [-0.25, -0.2) is 8.78 Å². The monoisotopic (exact) mass is 284 g/mol. The number of hydrogen-bond donors (Lipinski definition) is 1. The van der Waals surface area contributed by atoms with Gasteiger partial charge in [-0.05, 0) is 28.6 Å². The molecule has 0 fully saturated rings. The average Bonchev–Trinajstić information content (AvgIpc) is 2.50. The first-order valence-corrected chi connectivity index (χ1v) is 6.75. The van der Waals surface area contributed by atoms with Gasteiger partial charge in [-0.3, -0.25) is 0 Å². The Hall–Kier alpha value is -2.26. The van der Waals surface area contributed by atoms with Crippen molar-refractivity contribution < 1.29 is 13.9 Å². The molecule has 3 heteroatoms. The molecule has 3 aromatic rings. The van der Waals surface area contributed by atoms with Crippen LogP contribution in [0.3, 0.4) is 0 Å². The van der Waals surface area contributed by atoms with Crippen molar-refractivity contribution in [3.63, 3.8) is 0 Å². The minimum Gasteiger partial charge on any atom is -0.388 e. The highest BCUT2D eigenvalue weighted by Crippen LogP contribution is 2.28. The zero-order chi connectivity index (χ0) is 14.8. The van der Waals surface area contributed by atoms with Crippen LogP contribution in [0.5, 0.6) is 0 Å². The van der Waals surface area contributed by atoms with Crippen molar-refractivity contribution in [1.82, 2.24) is 0 Å². The molecule has 0 aliphatic heterocycles. The van der Waals surface area contributed by atoms with Gasteiger partial charge < -0.3 is 5.11 Å². The van der Waals surface area contributed by atoms with Gasteiger partial charge in [0.2, 0.25) is 0 Å². The van der Waals surface area contributed by atoms with Crippen molar-refractivity contribution in [3.8, 4) is 0 Å². The highest BCUT2D eigenvalue weighted by Gasteiger charge is 2.15. The molecule has 0 aliphatic rings. The van der Waals surface area contributed by atoms with E-state index in [0.717, 1.165) is 0 Å². The molecular formula is C18H14F2O. The quantitative estimate of drug-likeness (QED) is 0.756. The maximum atomic E-state index is 13.8. The van der Waals surface area contributed by atoms with Crippen LogP contribution in [0.15, 0.2) is 60.7 Å². The fourth-order valence-corrected chi connectivity index (χ4v) is 2.56. The summed E-state index contributed by atoms with van der Waals surface area (Å²) in [6.45, 7) is 0. The summed E-state index contributed by atoms with van der Waals surface area (Å²) in [5.74, 6) is -0.671. The third kappa shape index (κ3) is 2.65. The fraction of sp³-hybridized carbons (Fsp3) is 0.111. The maximum Gasteiger partial charge on any atom is 0.131 e. The topological polar surface area (TPSA) is 20.2 Å². The predicted octanol–water partition coefficient (Wildman–Crippen LogP) is 4.39. The Morgan fingerprint density at radius 1 is 0.762 bits per heavy atom. The van der Waals surface area contributed by atoms with Crippen LogP contribution in [0.4, 0.5) is 8.78 Å². The summed E-state index contributed by atoms with van der Waals surface area (Å²) < 4.78 is 27.5. The van der Waals surface area contributed by atoms with Crippen LogP contribution >= 0.6 is 0 Å². The van der Waals surface area contributed by atoms with Crippen LogP contribution in [0.25, 0.3) is 10.8 Å².